The molecule has 0 aromatic rings. The van der Waals surface area contributed by atoms with Gasteiger partial charge in [0, 0.05) is 12.5 Å². The summed E-state index contributed by atoms with van der Waals surface area (Å²) in [5, 5.41) is 2.96. The molecule has 1 saturated carbocycles. The highest BCUT2D eigenvalue weighted by Gasteiger charge is 2.28. The third-order valence-corrected chi connectivity index (χ3v) is 2.28. The molecule has 1 fully saturated rings. The summed E-state index contributed by atoms with van der Waals surface area (Å²) < 4.78 is 0. The number of rotatable bonds is 6. The molecule has 0 aromatic heterocycles. The average Bonchev–Trinajstić information content (AvgIpc) is 2.86. The lowest BCUT2D eigenvalue weighted by Gasteiger charge is -2.02. The molecule has 0 aliphatic heterocycles. The second-order valence-corrected chi connectivity index (χ2v) is 3.63. The van der Waals surface area contributed by atoms with Crippen molar-refractivity contribution in [1.82, 2.24) is 5.32 Å². The Labute approximate surface area is 74.7 Å². The van der Waals surface area contributed by atoms with E-state index >= 15 is 0 Å². The third kappa shape index (κ3) is 3.74. The smallest absolute Gasteiger partial charge is 0.223 e. The van der Waals surface area contributed by atoms with Crippen LogP contribution < -0.4 is 5.32 Å². The molecule has 2 nitrogen and oxygen atoms in total. The molecule has 0 atom stereocenters. The number of unbranched alkanes of at least 4 members (excludes halogenated alkanes) is 3. The van der Waals surface area contributed by atoms with Gasteiger partial charge in [0.25, 0.3) is 0 Å². The molecule has 0 unspecified atom stereocenters. The maximum absolute atomic E-state index is 11.1. The molecule has 2 heteroatoms. The van der Waals surface area contributed by atoms with Crippen molar-refractivity contribution in [3.63, 3.8) is 0 Å². The normalized spacial score (nSPS) is 16.1. The summed E-state index contributed by atoms with van der Waals surface area (Å²) in [5.74, 6) is 0.655. The summed E-state index contributed by atoms with van der Waals surface area (Å²) in [7, 11) is 0. The van der Waals surface area contributed by atoms with Crippen molar-refractivity contribution in [3.05, 3.63) is 0 Å². The van der Waals surface area contributed by atoms with Gasteiger partial charge < -0.3 is 5.32 Å². The Hall–Kier alpha value is -0.530. The standard InChI is InChI=1S/C10H19NO/c1-2-3-4-5-8-11-10(12)9-6-7-9/h9H,2-8H2,1H3,(H,11,12). The highest BCUT2D eigenvalue weighted by Crippen LogP contribution is 2.28. The van der Waals surface area contributed by atoms with Crippen molar-refractivity contribution in [2.75, 3.05) is 6.54 Å². The first-order chi connectivity index (χ1) is 5.84. The fourth-order valence-corrected chi connectivity index (χ4v) is 1.25. The van der Waals surface area contributed by atoms with Crippen LogP contribution in [0, 0.1) is 5.92 Å². The fraction of sp³-hybridized carbons (Fsp3) is 0.900. The molecule has 0 heterocycles. The molecule has 0 radical (unpaired) electrons. The van der Waals surface area contributed by atoms with Gasteiger partial charge in [-0.1, -0.05) is 26.2 Å². The van der Waals surface area contributed by atoms with E-state index < -0.39 is 0 Å². The van der Waals surface area contributed by atoms with Crippen LogP contribution in [0.25, 0.3) is 0 Å². The Balaban J connectivity index is 1.84. The van der Waals surface area contributed by atoms with E-state index in [4.69, 9.17) is 0 Å². The Morgan fingerprint density at radius 3 is 2.67 bits per heavy atom. The molecule has 1 aliphatic carbocycles. The van der Waals surface area contributed by atoms with Crippen LogP contribution in [0.1, 0.15) is 45.4 Å². The molecule has 0 spiro atoms. The first kappa shape index (κ1) is 9.56. The highest BCUT2D eigenvalue weighted by atomic mass is 16.2. The van der Waals surface area contributed by atoms with Crippen molar-refractivity contribution >= 4 is 5.91 Å². The van der Waals surface area contributed by atoms with Crippen molar-refractivity contribution in [2.45, 2.75) is 45.4 Å². The summed E-state index contributed by atoms with van der Waals surface area (Å²) >= 11 is 0. The van der Waals surface area contributed by atoms with E-state index in [0.717, 1.165) is 25.8 Å². The number of hydrogen-bond acceptors (Lipinski definition) is 1. The Bertz CT molecular complexity index is 141. The van der Waals surface area contributed by atoms with Gasteiger partial charge in [0.05, 0.1) is 0 Å². The summed E-state index contributed by atoms with van der Waals surface area (Å²) in [6.07, 6.45) is 7.17. The lowest BCUT2D eigenvalue weighted by Crippen LogP contribution is -2.25. The second-order valence-electron chi connectivity index (χ2n) is 3.63. The van der Waals surface area contributed by atoms with Crippen LogP contribution in [0.15, 0.2) is 0 Å². The zero-order chi connectivity index (χ0) is 8.81. The van der Waals surface area contributed by atoms with E-state index in [1.807, 2.05) is 0 Å². The summed E-state index contributed by atoms with van der Waals surface area (Å²) in [6.45, 7) is 3.08. The zero-order valence-corrected chi connectivity index (χ0v) is 7.94. The van der Waals surface area contributed by atoms with Gasteiger partial charge in [0.15, 0.2) is 0 Å². The first-order valence-electron chi connectivity index (χ1n) is 5.12. The molecule has 1 amide bonds. The lowest BCUT2D eigenvalue weighted by atomic mass is 10.2. The van der Waals surface area contributed by atoms with Crippen molar-refractivity contribution < 1.29 is 4.79 Å². The maximum atomic E-state index is 11.1. The quantitative estimate of drug-likeness (QED) is 0.606. The maximum Gasteiger partial charge on any atom is 0.223 e. The molecule has 1 aliphatic rings. The summed E-state index contributed by atoms with van der Waals surface area (Å²) in [5.41, 5.74) is 0. The van der Waals surface area contributed by atoms with Crippen LogP contribution in [-0.2, 0) is 4.79 Å². The monoisotopic (exact) mass is 169 g/mol. The Morgan fingerprint density at radius 1 is 1.33 bits per heavy atom. The molecule has 1 N–H and O–H groups in total. The first-order valence-corrected chi connectivity index (χ1v) is 5.12. The number of nitrogens with one attached hydrogen (secondary N) is 1. The van der Waals surface area contributed by atoms with Gasteiger partial charge in [-0.15, -0.1) is 0 Å². The van der Waals surface area contributed by atoms with Gasteiger partial charge in [-0.05, 0) is 19.3 Å². The molecule has 0 bridgehead atoms. The number of carbonyl (C=O) groups excluding carboxylic acids is 1. The third-order valence-electron chi connectivity index (χ3n) is 2.28. The van der Waals surface area contributed by atoms with Gasteiger partial charge in [0.1, 0.15) is 0 Å². The molecule has 70 valence electrons. The Morgan fingerprint density at radius 2 is 2.08 bits per heavy atom. The van der Waals surface area contributed by atoms with Gasteiger partial charge in [-0.2, -0.15) is 0 Å². The van der Waals surface area contributed by atoms with Crippen LogP contribution in [0.5, 0.6) is 0 Å². The Kier molecular flexibility index (Phi) is 4.12. The van der Waals surface area contributed by atoms with Crippen LogP contribution >= 0.6 is 0 Å². The molecular formula is C10H19NO. The SMILES string of the molecule is CCCCCCNC(=O)C1CC1. The fourth-order valence-electron chi connectivity index (χ4n) is 1.25. The zero-order valence-electron chi connectivity index (χ0n) is 7.94. The van der Waals surface area contributed by atoms with Crippen molar-refractivity contribution in [3.8, 4) is 0 Å². The molecule has 12 heavy (non-hydrogen) atoms. The van der Waals surface area contributed by atoms with E-state index in [2.05, 4.69) is 12.2 Å². The predicted octanol–water partition coefficient (Wildman–Crippen LogP) is 2.09. The minimum atomic E-state index is 0.284. The van der Waals surface area contributed by atoms with Crippen LogP contribution in [0.2, 0.25) is 0 Å². The van der Waals surface area contributed by atoms with Gasteiger partial charge in [-0.3, -0.25) is 4.79 Å². The highest BCUT2D eigenvalue weighted by molar-refractivity contribution is 5.80. The topological polar surface area (TPSA) is 29.1 Å². The molecular weight excluding hydrogens is 150 g/mol. The number of hydrogen-bond donors (Lipinski definition) is 1. The van der Waals surface area contributed by atoms with Crippen molar-refractivity contribution in [2.24, 2.45) is 5.92 Å². The largest absolute Gasteiger partial charge is 0.356 e. The second kappa shape index (κ2) is 5.18. The van der Waals surface area contributed by atoms with E-state index in [1.54, 1.807) is 0 Å². The van der Waals surface area contributed by atoms with Crippen LogP contribution in [-0.4, -0.2) is 12.5 Å². The molecule has 0 saturated heterocycles. The van der Waals surface area contributed by atoms with E-state index in [-0.39, 0.29) is 5.91 Å². The number of carbonyl (C=O) groups is 1. The van der Waals surface area contributed by atoms with E-state index in [9.17, 15) is 4.79 Å². The molecule has 1 rings (SSSR count). The van der Waals surface area contributed by atoms with Gasteiger partial charge in [0.2, 0.25) is 5.91 Å². The summed E-state index contributed by atoms with van der Waals surface area (Å²) in [4.78, 5) is 11.1. The lowest BCUT2D eigenvalue weighted by molar-refractivity contribution is -0.122. The minimum absolute atomic E-state index is 0.284. The van der Waals surface area contributed by atoms with Crippen molar-refractivity contribution in [1.29, 1.82) is 0 Å². The van der Waals surface area contributed by atoms with E-state index in [1.165, 1.54) is 19.3 Å². The molecule has 0 aromatic carbocycles. The van der Waals surface area contributed by atoms with Gasteiger partial charge in [-0.25, -0.2) is 0 Å². The number of amides is 1. The minimum Gasteiger partial charge on any atom is -0.356 e. The average molecular weight is 169 g/mol. The van der Waals surface area contributed by atoms with Crippen LogP contribution in [0.4, 0.5) is 0 Å². The predicted molar refractivity (Wildman–Crippen MR) is 49.9 cm³/mol. The summed E-state index contributed by atoms with van der Waals surface area (Å²) in [6, 6.07) is 0. The van der Waals surface area contributed by atoms with E-state index in [0.29, 0.717) is 5.92 Å². The van der Waals surface area contributed by atoms with Crippen LogP contribution in [0.3, 0.4) is 0 Å². The van der Waals surface area contributed by atoms with Gasteiger partial charge >= 0.3 is 0 Å².